The lowest BCUT2D eigenvalue weighted by molar-refractivity contribution is -0.148. The van der Waals surface area contributed by atoms with E-state index in [1.165, 1.54) is 0 Å². The number of amides is 1. The Kier molecular flexibility index (Phi) is 2.93. The van der Waals surface area contributed by atoms with E-state index >= 15 is 0 Å². The molecule has 1 amide bonds. The summed E-state index contributed by atoms with van der Waals surface area (Å²) < 4.78 is 0. The molecule has 0 aromatic heterocycles. The van der Waals surface area contributed by atoms with Gasteiger partial charge in [-0.25, -0.2) is 0 Å². The van der Waals surface area contributed by atoms with E-state index in [0.717, 1.165) is 25.7 Å². The highest BCUT2D eigenvalue weighted by atomic mass is 16.4. The Morgan fingerprint density at radius 3 is 2.53 bits per heavy atom. The number of carbonyl (C=O) groups is 2. The van der Waals surface area contributed by atoms with Crippen LogP contribution in [-0.4, -0.2) is 23.5 Å². The number of carboxylic acid groups (broad SMARTS) is 1. The van der Waals surface area contributed by atoms with Crippen molar-refractivity contribution in [1.82, 2.24) is 5.32 Å². The van der Waals surface area contributed by atoms with Crippen LogP contribution in [-0.2, 0) is 9.59 Å². The van der Waals surface area contributed by atoms with Crippen molar-refractivity contribution < 1.29 is 14.7 Å². The summed E-state index contributed by atoms with van der Waals surface area (Å²) in [4.78, 5) is 22.4. The summed E-state index contributed by atoms with van der Waals surface area (Å²) in [7, 11) is 0. The van der Waals surface area contributed by atoms with Crippen molar-refractivity contribution in [2.24, 2.45) is 17.8 Å². The van der Waals surface area contributed by atoms with Gasteiger partial charge in [-0.15, -0.1) is 0 Å². The molecule has 4 nitrogen and oxygen atoms in total. The van der Waals surface area contributed by atoms with E-state index in [-0.39, 0.29) is 17.7 Å². The van der Waals surface area contributed by atoms with Crippen LogP contribution < -0.4 is 5.32 Å². The molecule has 1 aliphatic heterocycles. The third-order valence-corrected chi connectivity index (χ3v) is 3.74. The first-order valence-electron chi connectivity index (χ1n) is 5.68. The van der Waals surface area contributed by atoms with Gasteiger partial charge in [-0.05, 0) is 31.1 Å². The molecule has 0 radical (unpaired) electrons. The summed E-state index contributed by atoms with van der Waals surface area (Å²) in [5, 5.41) is 12.0. The molecule has 1 saturated carbocycles. The minimum atomic E-state index is -0.709. The third kappa shape index (κ3) is 2.13. The van der Waals surface area contributed by atoms with Crippen LogP contribution in [0.1, 0.15) is 32.1 Å². The lowest BCUT2D eigenvalue weighted by Crippen LogP contribution is -2.42. The highest BCUT2D eigenvalue weighted by molar-refractivity contribution is 5.78. The van der Waals surface area contributed by atoms with E-state index in [1.54, 1.807) is 0 Å². The van der Waals surface area contributed by atoms with E-state index in [1.807, 2.05) is 0 Å². The van der Waals surface area contributed by atoms with Gasteiger partial charge in [0, 0.05) is 13.0 Å². The summed E-state index contributed by atoms with van der Waals surface area (Å²) in [5.74, 6) is -0.610. The average molecular weight is 211 g/mol. The Morgan fingerprint density at radius 1 is 1.33 bits per heavy atom. The zero-order valence-corrected chi connectivity index (χ0v) is 8.74. The number of carboxylic acids is 1. The average Bonchev–Trinajstić information content (AvgIpc) is 2.10. The van der Waals surface area contributed by atoms with Crippen molar-refractivity contribution in [2.75, 3.05) is 6.54 Å². The summed E-state index contributed by atoms with van der Waals surface area (Å²) in [6.45, 7) is 0.639. The molecule has 15 heavy (non-hydrogen) atoms. The fourth-order valence-corrected chi connectivity index (χ4v) is 2.70. The summed E-state index contributed by atoms with van der Waals surface area (Å²) >= 11 is 0. The molecule has 2 atom stereocenters. The second kappa shape index (κ2) is 4.21. The Bertz CT molecular complexity index is 273. The number of rotatable bonds is 3. The molecule has 0 bridgehead atoms. The molecule has 4 heteroatoms. The molecule has 1 aliphatic carbocycles. The standard InChI is InChI=1S/C11H17NO3/c13-9-6-8(4-5-12-9)10(11(14)15)7-2-1-3-7/h7-8,10H,1-6H2,(H,12,13)(H,14,15). The molecule has 2 fully saturated rings. The van der Waals surface area contributed by atoms with Crippen molar-refractivity contribution in [1.29, 1.82) is 0 Å². The first kappa shape index (κ1) is 10.5. The smallest absolute Gasteiger partial charge is 0.307 e. The third-order valence-electron chi connectivity index (χ3n) is 3.74. The number of hydrogen-bond donors (Lipinski definition) is 2. The Balaban J connectivity index is 2.02. The molecule has 1 saturated heterocycles. The maximum atomic E-state index is 11.2. The predicted octanol–water partition coefficient (Wildman–Crippen LogP) is 1.01. The van der Waals surface area contributed by atoms with Crippen LogP contribution in [0.15, 0.2) is 0 Å². The fraction of sp³-hybridized carbons (Fsp3) is 0.818. The first-order valence-corrected chi connectivity index (χ1v) is 5.68. The first-order chi connectivity index (χ1) is 7.18. The van der Waals surface area contributed by atoms with Gasteiger partial charge in [0.1, 0.15) is 0 Å². The van der Waals surface area contributed by atoms with E-state index in [9.17, 15) is 14.7 Å². The van der Waals surface area contributed by atoms with E-state index in [0.29, 0.717) is 18.9 Å². The molecule has 2 unspecified atom stereocenters. The van der Waals surface area contributed by atoms with E-state index < -0.39 is 5.97 Å². The second-order valence-corrected chi connectivity index (χ2v) is 4.66. The topological polar surface area (TPSA) is 66.4 Å². The zero-order valence-electron chi connectivity index (χ0n) is 8.74. The predicted molar refractivity (Wildman–Crippen MR) is 54.2 cm³/mol. The Hall–Kier alpha value is -1.06. The highest BCUT2D eigenvalue weighted by Gasteiger charge is 2.39. The lowest BCUT2D eigenvalue weighted by atomic mass is 9.68. The van der Waals surface area contributed by atoms with Crippen LogP contribution in [0.4, 0.5) is 0 Å². The number of aliphatic carboxylic acids is 1. The molecule has 1 heterocycles. The minimum absolute atomic E-state index is 0.0109. The lowest BCUT2D eigenvalue weighted by Gasteiger charge is -2.37. The second-order valence-electron chi connectivity index (χ2n) is 4.66. The number of piperidine rings is 1. The van der Waals surface area contributed by atoms with E-state index in [2.05, 4.69) is 5.32 Å². The van der Waals surface area contributed by atoms with Gasteiger partial charge in [-0.2, -0.15) is 0 Å². The van der Waals surface area contributed by atoms with Gasteiger partial charge in [0.25, 0.3) is 0 Å². The Labute approximate surface area is 89.0 Å². The molecule has 0 aromatic carbocycles. The largest absolute Gasteiger partial charge is 0.481 e. The van der Waals surface area contributed by atoms with Crippen LogP contribution in [0.3, 0.4) is 0 Å². The molecule has 84 valence electrons. The maximum Gasteiger partial charge on any atom is 0.307 e. The van der Waals surface area contributed by atoms with Gasteiger partial charge in [-0.1, -0.05) is 6.42 Å². The van der Waals surface area contributed by atoms with Gasteiger partial charge in [0.15, 0.2) is 0 Å². The Morgan fingerprint density at radius 2 is 2.07 bits per heavy atom. The molecule has 0 spiro atoms. The molecular weight excluding hydrogens is 194 g/mol. The zero-order chi connectivity index (χ0) is 10.8. The van der Waals surface area contributed by atoms with Crippen molar-refractivity contribution >= 4 is 11.9 Å². The van der Waals surface area contributed by atoms with E-state index in [4.69, 9.17) is 0 Å². The van der Waals surface area contributed by atoms with Gasteiger partial charge >= 0.3 is 5.97 Å². The number of carbonyl (C=O) groups excluding carboxylic acids is 1. The van der Waals surface area contributed by atoms with Crippen molar-refractivity contribution in [3.05, 3.63) is 0 Å². The summed E-state index contributed by atoms with van der Waals surface area (Å²) in [6.07, 6.45) is 4.41. The van der Waals surface area contributed by atoms with Crippen LogP contribution >= 0.6 is 0 Å². The van der Waals surface area contributed by atoms with Crippen LogP contribution in [0, 0.1) is 17.8 Å². The van der Waals surface area contributed by atoms with Crippen LogP contribution in [0.25, 0.3) is 0 Å². The number of nitrogens with one attached hydrogen (secondary N) is 1. The quantitative estimate of drug-likeness (QED) is 0.732. The van der Waals surface area contributed by atoms with Crippen molar-refractivity contribution in [2.45, 2.75) is 32.1 Å². The SMILES string of the molecule is O=C1CC(C(C(=O)O)C2CCC2)CCN1. The molecule has 2 N–H and O–H groups in total. The molecule has 2 aliphatic rings. The molecule has 2 rings (SSSR count). The monoisotopic (exact) mass is 211 g/mol. The van der Waals surface area contributed by atoms with Crippen molar-refractivity contribution in [3.8, 4) is 0 Å². The summed E-state index contributed by atoms with van der Waals surface area (Å²) in [6, 6.07) is 0. The minimum Gasteiger partial charge on any atom is -0.481 e. The normalized spacial score (nSPS) is 29.1. The highest BCUT2D eigenvalue weighted by Crippen LogP contribution is 2.40. The van der Waals surface area contributed by atoms with Crippen LogP contribution in [0.5, 0.6) is 0 Å². The van der Waals surface area contributed by atoms with Gasteiger partial charge in [0.2, 0.25) is 5.91 Å². The fourth-order valence-electron chi connectivity index (χ4n) is 2.70. The number of hydrogen-bond acceptors (Lipinski definition) is 2. The molecule has 0 aromatic rings. The van der Waals surface area contributed by atoms with Gasteiger partial charge < -0.3 is 10.4 Å². The maximum absolute atomic E-state index is 11.2. The van der Waals surface area contributed by atoms with Crippen LogP contribution in [0.2, 0.25) is 0 Å². The van der Waals surface area contributed by atoms with Crippen molar-refractivity contribution in [3.63, 3.8) is 0 Å². The summed E-state index contributed by atoms with van der Waals surface area (Å²) in [5.41, 5.74) is 0. The molecular formula is C11H17NO3. The van der Waals surface area contributed by atoms with Gasteiger partial charge in [-0.3, -0.25) is 9.59 Å². The van der Waals surface area contributed by atoms with Gasteiger partial charge in [0.05, 0.1) is 5.92 Å².